The topological polar surface area (TPSA) is 33.7 Å². The number of morpholine rings is 1. The van der Waals surface area contributed by atoms with Crippen molar-refractivity contribution in [3.63, 3.8) is 0 Å². The molecule has 0 spiro atoms. The first kappa shape index (κ1) is 16.9. The Kier molecular flexibility index (Phi) is 8.62. The molecule has 1 rings (SSSR count). The fourth-order valence-corrected chi connectivity index (χ4v) is 2.15. The zero-order valence-electron chi connectivity index (χ0n) is 13.2. The van der Waals surface area contributed by atoms with E-state index >= 15 is 0 Å². The van der Waals surface area contributed by atoms with E-state index in [0.29, 0.717) is 12.1 Å². The summed E-state index contributed by atoms with van der Waals surface area (Å²) in [6.45, 7) is 15.3. The monoisotopic (exact) mass is 272 g/mol. The van der Waals surface area contributed by atoms with Crippen LogP contribution in [0, 0.1) is 5.92 Å². The summed E-state index contributed by atoms with van der Waals surface area (Å²) >= 11 is 0. The standard InChI is InChI=1S/C15H32N2O2/c1-13(2)5-8-18-9-6-17-7-10-19-12-15(17)11-16-14(3)4/h13-16H,5-12H2,1-4H3. The quantitative estimate of drug-likeness (QED) is 0.648. The summed E-state index contributed by atoms with van der Waals surface area (Å²) in [5.41, 5.74) is 0. The number of hydrogen-bond donors (Lipinski definition) is 1. The van der Waals surface area contributed by atoms with Crippen molar-refractivity contribution in [3.8, 4) is 0 Å². The molecule has 0 aromatic carbocycles. The number of nitrogens with one attached hydrogen (secondary N) is 1. The van der Waals surface area contributed by atoms with Crippen LogP contribution >= 0.6 is 0 Å². The van der Waals surface area contributed by atoms with E-state index in [0.717, 1.165) is 58.4 Å². The summed E-state index contributed by atoms with van der Waals surface area (Å²) in [4.78, 5) is 2.49. The van der Waals surface area contributed by atoms with Crippen LogP contribution in [0.5, 0.6) is 0 Å². The molecule has 1 aliphatic heterocycles. The van der Waals surface area contributed by atoms with Gasteiger partial charge >= 0.3 is 0 Å². The minimum atomic E-state index is 0.491. The largest absolute Gasteiger partial charge is 0.380 e. The van der Waals surface area contributed by atoms with Gasteiger partial charge in [0.15, 0.2) is 0 Å². The summed E-state index contributed by atoms with van der Waals surface area (Å²) < 4.78 is 11.3. The zero-order chi connectivity index (χ0) is 14.1. The van der Waals surface area contributed by atoms with Gasteiger partial charge in [0.2, 0.25) is 0 Å². The summed E-state index contributed by atoms with van der Waals surface area (Å²) in [6.07, 6.45) is 1.15. The highest BCUT2D eigenvalue weighted by Crippen LogP contribution is 2.06. The maximum atomic E-state index is 5.72. The molecule has 114 valence electrons. The molecule has 0 radical (unpaired) electrons. The van der Waals surface area contributed by atoms with E-state index < -0.39 is 0 Å². The first-order chi connectivity index (χ1) is 9.09. The SMILES string of the molecule is CC(C)CCOCCN1CCOCC1CNC(C)C. The van der Waals surface area contributed by atoms with E-state index in [2.05, 4.69) is 37.9 Å². The second-order valence-electron chi connectivity index (χ2n) is 6.12. The first-order valence-electron chi connectivity index (χ1n) is 7.72. The molecule has 19 heavy (non-hydrogen) atoms. The minimum absolute atomic E-state index is 0.491. The van der Waals surface area contributed by atoms with E-state index in [1.165, 1.54) is 0 Å². The third kappa shape index (κ3) is 7.88. The van der Waals surface area contributed by atoms with Crippen LogP contribution in [0.15, 0.2) is 0 Å². The Morgan fingerprint density at radius 1 is 1.26 bits per heavy atom. The molecule has 1 N–H and O–H groups in total. The predicted molar refractivity (Wildman–Crippen MR) is 79.6 cm³/mol. The zero-order valence-corrected chi connectivity index (χ0v) is 13.2. The van der Waals surface area contributed by atoms with Crippen molar-refractivity contribution < 1.29 is 9.47 Å². The lowest BCUT2D eigenvalue weighted by Gasteiger charge is -2.36. The van der Waals surface area contributed by atoms with Crippen molar-refractivity contribution in [1.29, 1.82) is 0 Å². The third-order valence-electron chi connectivity index (χ3n) is 3.47. The maximum Gasteiger partial charge on any atom is 0.0634 e. The van der Waals surface area contributed by atoms with E-state index in [-0.39, 0.29) is 0 Å². The van der Waals surface area contributed by atoms with Crippen LogP contribution in [0.1, 0.15) is 34.1 Å². The molecular weight excluding hydrogens is 240 g/mol. The van der Waals surface area contributed by atoms with E-state index in [4.69, 9.17) is 9.47 Å². The van der Waals surface area contributed by atoms with Crippen LogP contribution in [0.25, 0.3) is 0 Å². The van der Waals surface area contributed by atoms with Gasteiger partial charge in [-0.2, -0.15) is 0 Å². The van der Waals surface area contributed by atoms with E-state index in [1.807, 2.05) is 0 Å². The average molecular weight is 272 g/mol. The highest BCUT2D eigenvalue weighted by molar-refractivity contribution is 4.78. The molecule has 1 atom stereocenters. The molecule has 0 amide bonds. The van der Waals surface area contributed by atoms with Crippen LogP contribution in [0.2, 0.25) is 0 Å². The number of rotatable bonds is 9. The Morgan fingerprint density at radius 3 is 2.74 bits per heavy atom. The normalized spacial score (nSPS) is 21.5. The molecule has 0 aromatic heterocycles. The molecule has 1 aliphatic rings. The lowest BCUT2D eigenvalue weighted by atomic mass is 10.1. The molecule has 4 heteroatoms. The molecule has 0 bridgehead atoms. The van der Waals surface area contributed by atoms with Crippen molar-refractivity contribution in [1.82, 2.24) is 10.2 Å². The van der Waals surface area contributed by atoms with Crippen molar-refractivity contribution in [2.24, 2.45) is 5.92 Å². The lowest BCUT2D eigenvalue weighted by molar-refractivity contribution is -0.0205. The van der Waals surface area contributed by atoms with Gasteiger partial charge in [0.25, 0.3) is 0 Å². The van der Waals surface area contributed by atoms with Crippen molar-refractivity contribution in [2.75, 3.05) is 46.1 Å². The van der Waals surface area contributed by atoms with Gasteiger partial charge in [0, 0.05) is 38.3 Å². The third-order valence-corrected chi connectivity index (χ3v) is 3.47. The maximum absolute atomic E-state index is 5.72. The van der Waals surface area contributed by atoms with Gasteiger partial charge in [-0.1, -0.05) is 27.7 Å². The number of hydrogen-bond acceptors (Lipinski definition) is 4. The van der Waals surface area contributed by atoms with E-state index in [1.54, 1.807) is 0 Å². The second kappa shape index (κ2) is 9.70. The molecule has 1 heterocycles. The molecule has 1 fully saturated rings. The van der Waals surface area contributed by atoms with Crippen molar-refractivity contribution in [3.05, 3.63) is 0 Å². The van der Waals surface area contributed by atoms with Gasteiger partial charge in [0.1, 0.15) is 0 Å². The van der Waals surface area contributed by atoms with Crippen molar-refractivity contribution >= 4 is 0 Å². The average Bonchev–Trinajstić information content (AvgIpc) is 2.36. The van der Waals surface area contributed by atoms with Gasteiger partial charge < -0.3 is 14.8 Å². The van der Waals surface area contributed by atoms with Crippen LogP contribution < -0.4 is 5.32 Å². The molecule has 0 aliphatic carbocycles. The number of ether oxygens (including phenoxy) is 2. The van der Waals surface area contributed by atoms with E-state index in [9.17, 15) is 0 Å². The summed E-state index contributed by atoms with van der Waals surface area (Å²) in [5.74, 6) is 0.728. The van der Waals surface area contributed by atoms with Gasteiger partial charge in [-0.25, -0.2) is 0 Å². The Morgan fingerprint density at radius 2 is 2.05 bits per heavy atom. The Hall–Kier alpha value is -0.160. The Labute approximate surface area is 118 Å². The first-order valence-corrected chi connectivity index (χ1v) is 7.72. The van der Waals surface area contributed by atoms with Crippen LogP contribution in [0.3, 0.4) is 0 Å². The highest BCUT2D eigenvalue weighted by Gasteiger charge is 2.22. The highest BCUT2D eigenvalue weighted by atomic mass is 16.5. The Bertz CT molecular complexity index is 222. The smallest absolute Gasteiger partial charge is 0.0634 e. The molecule has 0 aromatic rings. The van der Waals surface area contributed by atoms with Crippen LogP contribution in [-0.4, -0.2) is 63.0 Å². The summed E-state index contributed by atoms with van der Waals surface area (Å²) in [7, 11) is 0. The van der Waals surface area contributed by atoms with Crippen molar-refractivity contribution in [2.45, 2.75) is 46.2 Å². The summed E-state index contributed by atoms with van der Waals surface area (Å²) in [5, 5.41) is 3.50. The fraction of sp³-hybridized carbons (Fsp3) is 1.00. The van der Waals surface area contributed by atoms with Gasteiger partial charge in [-0.15, -0.1) is 0 Å². The predicted octanol–water partition coefficient (Wildman–Crippen LogP) is 1.75. The lowest BCUT2D eigenvalue weighted by Crippen LogP contribution is -2.52. The number of nitrogens with zero attached hydrogens (tertiary/aromatic N) is 1. The molecule has 1 unspecified atom stereocenters. The van der Waals surface area contributed by atoms with Gasteiger partial charge in [0.05, 0.1) is 19.8 Å². The molecule has 4 nitrogen and oxygen atoms in total. The molecule has 0 saturated carbocycles. The Balaban J connectivity index is 2.16. The van der Waals surface area contributed by atoms with Crippen LogP contribution in [-0.2, 0) is 9.47 Å². The van der Waals surface area contributed by atoms with Gasteiger partial charge in [-0.05, 0) is 12.3 Å². The molecular formula is C15H32N2O2. The second-order valence-corrected chi connectivity index (χ2v) is 6.12. The minimum Gasteiger partial charge on any atom is -0.380 e. The molecule has 1 saturated heterocycles. The summed E-state index contributed by atoms with van der Waals surface area (Å²) in [6, 6.07) is 1.02. The fourth-order valence-electron chi connectivity index (χ4n) is 2.15. The van der Waals surface area contributed by atoms with Crippen LogP contribution in [0.4, 0.5) is 0 Å². The van der Waals surface area contributed by atoms with Gasteiger partial charge in [-0.3, -0.25) is 4.90 Å².